The van der Waals surface area contributed by atoms with Crippen molar-refractivity contribution in [3.05, 3.63) is 65.3 Å². The zero-order valence-electron chi connectivity index (χ0n) is 16.2. The summed E-state index contributed by atoms with van der Waals surface area (Å²) in [4.78, 5) is 18.5. The summed E-state index contributed by atoms with van der Waals surface area (Å²) in [5.41, 5.74) is 0.724. The Morgan fingerprint density at radius 1 is 1.19 bits per heavy atom. The fourth-order valence-corrected chi connectivity index (χ4v) is 4.46. The van der Waals surface area contributed by atoms with Gasteiger partial charge < -0.3 is 9.42 Å². The minimum absolute atomic E-state index is 0.121. The number of hydrogen-bond donors (Lipinski definition) is 1. The summed E-state index contributed by atoms with van der Waals surface area (Å²) in [5, 5.41) is 4.56. The summed E-state index contributed by atoms with van der Waals surface area (Å²) >= 11 is 5.90. The molecule has 4 rings (SSSR count). The average Bonchev–Trinajstić information content (AvgIpc) is 3.42. The Kier molecular flexibility index (Phi) is 6.03. The Bertz CT molecular complexity index is 1180. The number of likely N-dealkylation sites (tertiary alicyclic amines) is 1. The molecule has 1 fully saturated rings. The minimum Gasteiger partial charge on any atom is -0.337 e. The first-order chi connectivity index (χ1) is 14.8. The first kappa shape index (κ1) is 21.4. The fourth-order valence-electron chi connectivity index (χ4n) is 3.36. The van der Waals surface area contributed by atoms with Gasteiger partial charge in [0.2, 0.25) is 27.6 Å². The van der Waals surface area contributed by atoms with Crippen LogP contribution in [-0.4, -0.2) is 42.5 Å². The molecule has 0 saturated carbocycles. The van der Waals surface area contributed by atoms with Crippen molar-refractivity contribution in [1.82, 2.24) is 19.8 Å². The average molecular weight is 465 g/mol. The first-order valence-corrected chi connectivity index (χ1v) is 11.3. The van der Waals surface area contributed by atoms with Crippen molar-refractivity contribution in [1.29, 1.82) is 0 Å². The van der Waals surface area contributed by atoms with Gasteiger partial charge >= 0.3 is 0 Å². The number of benzene rings is 2. The lowest BCUT2D eigenvalue weighted by Crippen LogP contribution is -2.39. The molecule has 0 spiro atoms. The van der Waals surface area contributed by atoms with Crippen LogP contribution in [0.5, 0.6) is 0 Å². The van der Waals surface area contributed by atoms with Crippen LogP contribution in [0.3, 0.4) is 0 Å². The van der Waals surface area contributed by atoms with Crippen LogP contribution in [0.15, 0.2) is 57.9 Å². The molecule has 1 atom stereocenters. The molecule has 1 N–H and O–H groups in total. The molecular weight excluding hydrogens is 447 g/mol. The third kappa shape index (κ3) is 4.76. The number of nitrogens with one attached hydrogen (secondary N) is 1. The monoisotopic (exact) mass is 464 g/mol. The van der Waals surface area contributed by atoms with Crippen LogP contribution in [0, 0.1) is 5.82 Å². The number of aromatic nitrogens is 2. The highest BCUT2D eigenvalue weighted by Crippen LogP contribution is 2.32. The number of halogens is 2. The Morgan fingerprint density at radius 3 is 2.61 bits per heavy atom. The lowest BCUT2D eigenvalue weighted by Gasteiger charge is -2.22. The van der Waals surface area contributed by atoms with Crippen LogP contribution < -0.4 is 4.72 Å². The van der Waals surface area contributed by atoms with E-state index in [-0.39, 0.29) is 10.8 Å². The van der Waals surface area contributed by atoms with Gasteiger partial charge in [-0.25, -0.2) is 17.5 Å². The Hall–Kier alpha value is -2.82. The number of amides is 1. The molecule has 0 unspecified atom stereocenters. The number of hydrogen-bond acceptors (Lipinski definition) is 6. The third-order valence-corrected chi connectivity index (χ3v) is 6.61. The van der Waals surface area contributed by atoms with Gasteiger partial charge in [-0.1, -0.05) is 16.8 Å². The predicted molar refractivity (Wildman–Crippen MR) is 110 cm³/mol. The van der Waals surface area contributed by atoms with Crippen LogP contribution in [0.4, 0.5) is 4.39 Å². The molecule has 1 aliphatic rings. The van der Waals surface area contributed by atoms with Crippen molar-refractivity contribution in [2.45, 2.75) is 23.8 Å². The summed E-state index contributed by atoms with van der Waals surface area (Å²) in [6.07, 6.45) is 1.35. The number of sulfonamides is 1. The van der Waals surface area contributed by atoms with E-state index in [1.165, 1.54) is 4.90 Å². The zero-order valence-corrected chi connectivity index (χ0v) is 17.7. The summed E-state index contributed by atoms with van der Waals surface area (Å²) < 4.78 is 45.3. The van der Waals surface area contributed by atoms with E-state index >= 15 is 0 Å². The van der Waals surface area contributed by atoms with Crippen LogP contribution in [0.2, 0.25) is 5.02 Å². The van der Waals surface area contributed by atoms with Gasteiger partial charge in [-0.15, -0.1) is 0 Å². The SMILES string of the molecule is O=C(CNS(=O)(=O)c1ccc(F)cc1)N1CCC[C@@H]1c1nc(-c2ccc(Cl)cc2)no1. The van der Waals surface area contributed by atoms with Gasteiger partial charge in [0.05, 0.1) is 11.4 Å². The Labute approximate surface area is 183 Å². The number of nitrogens with zero attached hydrogens (tertiary/aromatic N) is 3. The minimum atomic E-state index is -3.95. The smallest absolute Gasteiger partial charge is 0.249 e. The fraction of sp³-hybridized carbons (Fsp3) is 0.250. The van der Waals surface area contributed by atoms with Crippen molar-refractivity contribution in [3.63, 3.8) is 0 Å². The van der Waals surface area contributed by atoms with Crippen molar-refractivity contribution in [3.8, 4) is 11.4 Å². The maximum absolute atomic E-state index is 13.0. The van der Waals surface area contributed by atoms with Crippen LogP contribution in [-0.2, 0) is 14.8 Å². The molecular formula is C20H18ClFN4O4S. The molecule has 162 valence electrons. The highest BCUT2D eigenvalue weighted by atomic mass is 35.5. The van der Waals surface area contributed by atoms with Gasteiger partial charge in [0, 0.05) is 17.1 Å². The van der Waals surface area contributed by atoms with E-state index in [1.54, 1.807) is 24.3 Å². The molecule has 1 aromatic heterocycles. The van der Waals surface area contributed by atoms with Gasteiger partial charge in [0.15, 0.2) is 0 Å². The third-order valence-electron chi connectivity index (χ3n) is 4.94. The maximum atomic E-state index is 13.0. The van der Waals surface area contributed by atoms with Crippen molar-refractivity contribution in [2.75, 3.05) is 13.1 Å². The summed E-state index contributed by atoms with van der Waals surface area (Å²) in [5.74, 6) is -0.299. The van der Waals surface area contributed by atoms with Crippen molar-refractivity contribution >= 4 is 27.5 Å². The summed E-state index contributed by atoms with van der Waals surface area (Å²) in [7, 11) is -3.95. The van der Waals surface area contributed by atoms with Crippen LogP contribution in [0.25, 0.3) is 11.4 Å². The second kappa shape index (κ2) is 8.74. The van der Waals surface area contributed by atoms with E-state index < -0.39 is 34.3 Å². The summed E-state index contributed by atoms with van der Waals surface area (Å²) in [6, 6.07) is 10.9. The standard InChI is InChI=1S/C20H18ClFN4O4S/c21-14-5-3-13(4-6-14)19-24-20(30-25-19)17-2-1-11-26(17)18(27)12-23-31(28,29)16-9-7-15(22)8-10-16/h3-10,17,23H,1-2,11-12H2/t17-/m1/s1. The Morgan fingerprint density at radius 2 is 1.90 bits per heavy atom. The topological polar surface area (TPSA) is 105 Å². The molecule has 0 bridgehead atoms. The summed E-state index contributed by atoms with van der Waals surface area (Å²) in [6.45, 7) is 0.00875. The van der Waals surface area contributed by atoms with E-state index in [4.69, 9.17) is 16.1 Å². The molecule has 2 aromatic carbocycles. The van der Waals surface area contributed by atoms with Crippen LogP contribution >= 0.6 is 11.6 Å². The quantitative estimate of drug-likeness (QED) is 0.600. The van der Waals surface area contributed by atoms with Gasteiger partial charge in [0.25, 0.3) is 0 Å². The van der Waals surface area contributed by atoms with Crippen LogP contribution in [0.1, 0.15) is 24.8 Å². The highest BCUT2D eigenvalue weighted by Gasteiger charge is 2.34. The first-order valence-electron chi connectivity index (χ1n) is 9.48. The number of carbonyl (C=O) groups excluding carboxylic acids is 1. The van der Waals surface area contributed by atoms with E-state index in [0.717, 1.165) is 36.2 Å². The van der Waals surface area contributed by atoms with Gasteiger partial charge in [0.1, 0.15) is 11.9 Å². The second-order valence-electron chi connectivity index (χ2n) is 6.99. The second-order valence-corrected chi connectivity index (χ2v) is 9.19. The molecule has 1 amide bonds. The maximum Gasteiger partial charge on any atom is 0.249 e. The van der Waals surface area contributed by atoms with E-state index in [9.17, 15) is 17.6 Å². The molecule has 11 heteroatoms. The molecule has 1 aliphatic heterocycles. The lowest BCUT2D eigenvalue weighted by atomic mass is 10.2. The van der Waals surface area contributed by atoms with Gasteiger partial charge in [-0.3, -0.25) is 4.79 Å². The van der Waals surface area contributed by atoms with Gasteiger partial charge in [-0.2, -0.15) is 4.98 Å². The number of carbonyl (C=O) groups is 1. The molecule has 0 radical (unpaired) electrons. The van der Waals surface area contributed by atoms with Crippen molar-refractivity contribution in [2.24, 2.45) is 0 Å². The van der Waals surface area contributed by atoms with Gasteiger partial charge in [-0.05, 0) is 61.4 Å². The lowest BCUT2D eigenvalue weighted by molar-refractivity contribution is -0.131. The largest absolute Gasteiger partial charge is 0.337 e. The van der Waals surface area contributed by atoms with E-state index in [0.29, 0.717) is 23.8 Å². The Balaban J connectivity index is 1.44. The molecule has 3 aromatic rings. The number of rotatable bonds is 6. The molecule has 31 heavy (non-hydrogen) atoms. The van der Waals surface area contributed by atoms with E-state index in [1.807, 2.05) is 0 Å². The van der Waals surface area contributed by atoms with Crippen molar-refractivity contribution < 1.29 is 22.1 Å². The van der Waals surface area contributed by atoms with E-state index in [2.05, 4.69) is 14.9 Å². The molecule has 0 aliphatic carbocycles. The molecule has 8 nitrogen and oxygen atoms in total. The molecule has 1 saturated heterocycles. The normalized spacial score (nSPS) is 16.6. The molecule has 2 heterocycles. The zero-order chi connectivity index (χ0) is 22.0. The highest BCUT2D eigenvalue weighted by molar-refractivity contribution is 7.89. The predicted octanol–water partition coefficient (Wildman–Crippen LogP) is 3.17.